The Morgan fingerprint density at radius 3 is 2.82 bits per heavy atom. The first-order valence-electron chi connectivity index (χ1n) is 5.70. The highest BCUT2D eigenvalue weighted by Gasteiger charge is 2.23. The molecule has 0 spiro atoms. The third kappa shape index (κ3) is 3.39. The minimum Gasteiger partial charge on any atom is -0.352 e. The lowest BCUT2D eigenvalue weighted by atomic mass is 10.4. The van der Waals surface area contributed by atoms with Crippen molar-refractivity contribution in [2.45, 2.75) is 25.4 Å². The van der Waals surface area contributed by atoms with Crippen LogP contribution in [-0.2, 0) is 11.3 Å². The highest BCUT2D eigenvalue weighted by molar-refractivity contribution is 5.81. The predicted octanol–water partition coefficient (Wildman–Crippen LogP) is -0.350. The van der Waals surface area contributed by atoms with Crippen molar-refractivity contribution in [3.63, 3.8) is 0 Å². The summed E-state index contributed by atoms with van der Waals surface area (Å²) in [7, 11) is 1.82. The molecule has 1 saturated carbocycles. The maximum atomic E-state index is 11.6. The number of carbonyl (C=O) groups is 1. The average molecular weight is 235 g/mol. The van der Waals surface area contributed by atoms with Crippen LogP contribution in [0.25, 0.3) is 0 Å². The van der Waals surface area contributed by atoms with Crippen LogP contribution in [0, 0.1) is 0 Å². The lowest BCUT2D eigenvalue weighted by molar-refractivity contribution is -0.119. The third-order valence-corrected chi connectivity index (χ3v) is 2.62. The third-order valence-electron chi connectivity index (χ3n) is 2.62. The van der Waals surface area contributed by atoms with Crippen LogP contribution in [0.4, 0.5) is 5.82 Å². The normalized spacial score (nSPS) is 14.5. The molecule has 1 aromatic rings. The first-order valence-corrected chi connectivity index (χ1v) is 5.70. The van der Waals surface area contributed by atoms with Gasteiger partial charge in [0, 0.05) is 19.6 Å². The molecule has 6 heteroatoms. The molecule has 1 fully saturated rings. The first kappa shape index (κ1) is 11.8. The summed E-state index contributed by atoms with van der Waals surface area (Å²) in [6.45, 7) is 0.673. The van der Waals surface area contributed by atoms with Gasteiger partial charge in [0.15, 0.2) is 0 Å². The molecule has 1 aliphatic carbocycles. The van der Waals surface area contributed by atoms with E-state index in [0.29, 0.717) is 24.9 Å². The maximum Gasteiger partial charge on any atom is 0.239 e. The van der Waals surface area contributed by atoms with Crippen molar-refractivity contribution in [2.75, 3.05) is 18.5 Å². The molecule has 0 aromatic carbocycles. The number of hydrogen-bond acceptors (Lipinski definition) is 5. The van der Waals surface area contributed by atoms with Gasteiger partial charge in [-0.05, 0) is 12.8 Å². The van der Waals surface area contributed by atoms with Gasteiger partial charge in [-0.3, -0.25) is 9.78 Å². The standard InChI is InChI=1S/C11H17N5O/c1-16(7-11(17)15-8-2-3-8)10-6-13-9(4-12)5-14-10/h5-6,8H,2-4,7,12H2,1H3,(H,15,17). The van der Waals surface area contributed by atoms with Crippen LogP contribution < -0.4 is 16.0 Å². The van der Waals surface area contributed by atoms with E-state index in [0.717, 1.165) is 18.5 Å². The summed E-state index contributed by atoms with van der Waals surface area (Å²) in [4.78, 5) is 21.7. The molecule has 1 heterocycles. The number of nitrogens with zero attached hydrogens (tertiary/aromatic N) is 3. The summed E-state index contributed by atoms with van der Waals surface area (Å²) >= 11 is 0. The number of hydrogen-bond donors (Lipinski definition) is 2. The molecule has 0 unspecified atom stereocenters. The van der Waals surface area contributed by atoms with Gasteiger partial charge in [-0.15, -0.1) is 0 Å². The van der Waals surface area contributed by atoms with Crippen LogP contribution in [0.1, 0.15) is 18.5 Å². The molecule has 1 amide bonds. The van der Waals surface area contributed by atoms with Crippen LogP contribution in [0.3, 0.4) is 0 Å². The van der Waals surface area contributed by atoms with E-state index < -0.39 is 0 Å². The zero-order valence-electron chi connectivity index (χ0n) is 9.89. The SMILES string of the molecule is CN(CC(=O)NC1CC1)c1cnc(CN)cn1. The lowest BCUT2D eigenvalue weighted by Crippen LogP contribution is -2.36. The van der Waals surface area contributed by atoms with Crippen molar-refractivity contribution in [1.29, 1.82) is 0 Å². The number of likely N-dealkylation sites (N-methyl/N-ethyl adjacent to an activating group) is 1. The Labute approximate surface area is 100 Å². The molecule has 0 saturated heterocycles. The summed E-state index contributed by atoms with van der Waals surface area (Å²) in [6.07, 6.45) is 5.46. The van der Waals surface area contributed by atoms with Crippen molar-refractivity contribution in [3.8, 4) is 0 Å². The Balaban J connectivity index is 1.88. The van der Waals surface area contributed by atoms with E-state index in [1.807, 2.05) is 7.05 Å². The zero-order valence-corrected chi connectivity index (χ0v) is 9.89. The second-order valence-electron chi connectivity index (χ2n) is 4.27. The van der Waals surface area contributed by atoms with Gasteiger partial charge < -0.3 is 16.0 Å². The van der Waals surface area contributed by atoms with Gasteiger partial charge in [0.1, 0.15) is 5.82 Å². The van der Waals surface area contributed by atoms with Crippen molar-refractivity contribution in [1.82, 2.24) is 15.3 Å². The lowest BCUT2D eigenvalue weighted by Gasteiger charge is -2.17. The van der Waals surface area contributed by atoms with Crippen molar-refractivity contribution in [3.05, 3.63) is 18.1 Å². The highest BCUT2D eigenvalue weighted by Crippen LogP contribution is 2.18. The fourth-order valence-electron chi connectivity index (χ4n) is 1.45. The summed E-state index contributed by atoms with van der Waals surface area (Å²) in [6, 6.07) is 0.390. The van der Waals surface area contributed by atoms with E-state index >= 15 is 0 Å². The number of anilines is 1. The monoisotopic (exact) mass is 235 g/mol. The molecule has 2 rings (SSSR count). The van der Waals surface area contributed by atoms with E-state index in [4.69, 9.17) is 5.73 Å². The topological polar surface area (TPSA) is 84.1 Å². The molecule has 3 N–H and O–H groups in total. The first-order chi connectivity index (χ1) is 8.19. The van der Waals surface area contributed by atoms with Crippen LogP contribution in [0.5, 0.6) is 0 Å². The van der Waals surface area contributed by atoms with Gasteiger partial charge in [0.25, 0.3) is 0 Å². The minimum atomic E-state index is 0.0275. The summed E-state index contributed by atoms with van der Waals surface area (Å²) in [5.41, 5.74) is 6.18. The van der Waals surface area contributed by atoms with Crippen LogP contribution in [0.15, 0.2) is 12.4 Å². The Morgan fingerprint density at radius 1 is 1.53 bits per heavy atom. The number of carbonyl (C=O) groups excluding carboxylic acids is 1. The second kappa shape index (κ2) is 5.09. The van der Waals surface area contributed by atoms with Crippen molar-refractivity contribution >= 4 is 11.7 Å². The molecule has 0 radical (unpaired) electrons. The number of nitrogens with two attached hydrogens (primary N) is 1. The predicted molar refractivity (Wildman–Crippen MR) is 64.4 cm³/mol. The Bertz CT molecular complexity index is 387. The van der Waals surface area contributed by atoms with Crippen LogP contribution >= 0.6 is 0 Å². The summed E-state index contributed by atoms with van der Waals surface area (Å²) < 4.78 is 0. The Morgan fingerprint density at radius 2 is 2.29 bits per heavy atom. The minimum absolute atomic E-state index is 0.0275. The van der Waals surface area contributed by atoms with Crippen molar-refractivity contribution < 1.29 is 4.79 Å². The molecular weight excluding hydrogens is 218 g/mol. The molecule has 0 atom stereocenters. The van der Waals surface area contributed by atoms with E-state index in [2.05, 4.69) is 15.3 Å². The van der Waals surface area contributed by atoms with Gasteiger partial charge in [-0.2, -0.15) is 0 Å². The average Bonchev–Trinajstić information content (AvgIpc) is 3.12. The smallest absolute Gasteiger partial charge is 0.239 e. The number of amides is 1. The Kier molecular flexibility index (Phi) is 3.53. The van der Waals surface area contributed by atoms with Gasteiger partial charge in [0.05, 0.1) is 24.6 Å². The van der Waals surface area contributed by atoms with Gasteiger partial charge in [-0.25, -0.2) is 4.98 Å². The van der Waals surface area contributed by atoms with Gasteiger partial charge in [0.2, 0.25) is 5.91 Å². The maximum absolute atomic E-state index is 11.6. The van der Waals surface area contributed by atoms with E-state index in [-0.39, 0.29) is 5.91 Å². The zero-order chi connectivity index (χ0) is 12.3. The molecule has 6 nitrogen and oxygen atoms in total. The van der Waals surface area contributed by atoms with E-state index in [1.54, 1.807) is 17.3 Å². The molecule has 1 aromatic heterocycles. The fraction of sp³-hybridized carbons (Fsp3) is 0.545. The Hall–Kier alpha value is -1.69. The molecule has 92 valence electrons. The summed E-state index contributed by atoms with van der Waals surface area (Å²) in [5, 5.41) is 2.93. The summed E-state index contributed by atoms with van der Waals surface area (Å²) in [5.74, 6) is 0.702. The largest absolute Gasteiger partial charge is 0.352 e. The molecule has 1 aliphatic rings. The molecule has 0 aliphatic heterocycles. The molecule has 0 bridgehead atoms. The quantitative estimate of drug-likeness (QED) is 0.728. The van der Waals surface area contributed by atoms with E-state index in [9.17, 15) is 4.79 Å². The highest BCUT2D eigenvalue weighted by atomic mass is 16.2. The molecule has 17 heavy (non-hydrogen) atoms. The van der Waals surface area contributed by atoms with Crippen molar-refractivity contribution in [2.24, 2.45) is 5.73 Å². The van der Waals surface area contributed by atoms with Gasteiger partial charge in [-0.1, -0.05) is 0 Å². The van der Waals surface area contributed by atoms with Crippen LogP contribution in [0.2, 0.25) is 0 Å². The fourth-order valence-corrected chi connectivity index (χ4v) is 1.45. The number of aromatic nitrogens is 2. The number of rotatable bonds is 5. The second-order valence-corrected chi connectivity index (χ2v) is 4.27. The molecular formula is C11H17N5O. The number of nitrogens with one attached hydrogen (secondary N) is 1. The van der Waals surface area contributed by atoms with Crippen LogP contribution in [-0.4, -0.2) is 35.5 Å². The van der Waals surface area contributed by atoms with Gasteiger partial charge >= 0.3 is 0 Å². The van der Waals surface area contributed by atoms with E-state index in [1.165, 1.54) is 0 Å².